The molecule has 0 saturated carbocycles. The van der Waals surface area contributed by atoms with Gasteiger partial charge in [0.05, 0.1) is 34.3 Å². The summed E-state index contributed by atoms with van der Waals surface area (Å²) >= 11 is 0.896. The number of nitrogens with zero attached hydrogens (tertiary/aromatic N) is 4. The molecule has 0 bridgehead atoms. The molecule has 0 aliphatic carbocycles. The van der Waals surface area contributed by atoms with Gasteiger partial charge < -0.3 is 5.32 Å². The number of pyridine rings is 1. The summed E-state index contributed by atoms with van der Waals surface area (Å²) in [6.07, 6.45) is -3.62. The molecule has 0 spiro atoms. The van der Waals surface area contributed by atoms with Crippen molar-refractivity contribution < 1.29 is 22.4 Å². The lowest BCUT2D eigenvalue weighted by molar-refractivity contribution is -0.137. The van der Waals surface area contributed by atoms with Gasteiger partial charge in [-0.25, -0.2) is 14.2 Å². The summed E-state index contributed by atoms with van der Waals surface area (Å²) in [4.78, 5) is 45.4. The molecule has 176 valence electrons. The first-order valence-electron chi connectivity index (χ1n) is 9.63. The highest BCUT2D eigenvalue weighted by Crippen LogP contribution is 2.34. The summed E-state index contributed by atoms with van der Waals surface area (Å²) in [5.74, 6) is -1.50. The van der Waals surface area contributed by atoms with Crippen molar-refractivity contribution in [2.75, 3.05) is 5.32 Å². The fourth-order valence-electron chi connectivity index (χ4n) is 3.39. The standard InChI is InChI=1S/C21H15F4N5O3S/c1-29-15-5-6-26-13(17(15)18(32)30(2)20(29)33)8-16(31)28-19-27-14(9-34-19)11-7-10(21(23,24)25)3-4-12(11)22/h3-7,9H,8H2,1-2H3,(H,27,28,31). The molecule has 1 aromatic carbocycles. The van der Waals surface area contributed by atoms with E-state index in [1.807, 2.05) is 0 Å². The molecule has 34 heavy (non-hydrogen) atoms. The fourth-order valence-corrected chi connectivity index (χ4v) is 4.12. The van der Waals surface area contributed by atoms with Crippen LogP contribution in [0.25, 0.3) is 22.2 Å². The van der Waals surface area contributed by atoms with Crippen LogP contribution >= 0.6 is 11.3 Å². The molecule has 3 heterocycles. The second-order valence-electron chi connectivity index (χ2n) is 7.31. The Labute approximate surface area is 192 Å². The number of carbonyl (C=O) groups excluding carboxylic acids is 1. The van der Waals surface area contributed by atoms with Crippen molar-refractivity contribution in [3.63, 3.8) is 0 Å². The van der Waals surface area contributed by atoms with Gasteiger partial charge in [-0.1, -0.05) is 0 Å². The Morgan fingerprint density at radius 3 is 2.59 bits per heavy atom. The van der Waals surface area contributed by atoms with Gasteiger partial charge in [0.25, 0.3) is 5.56 Å². The Morgan fingerprint density at radius 2 is 1.88 bits per heavy atom. The lowest BCUT2D eigenvalue weighted by atomic mass is 10.1. The van der Waals surface area contributed by atoms with Crippen LogP contribution in [0.1, 0.15) is 11.3 Å². The zero-order valence-corrected chi connectivity index (χ0v) is 18.4. The lowest BCUT2D eigenvalue weighted by Crippen LogP contribution is -2.37. The van der Waals surface area contributed by atoms with Crippen molar-refractivity contribution in [3.05, 3.63) is 73.8 Å². The molecule has 0 fully saturated rings. The number of aryl methyl sites for hydroxylation is 1. The fraction of sp³-hybridized carbons (Fsp3) is 0.190. The first-order chi connectivity index (χ1) is 16.0. The summed E-state index contributed by atoms with van der Waals surface area (Å²) in [7, 11) is 2.79. The minimum atomic E-state index is -4.65. The number of carbonyl (C=O) groups is 1. The molecular weight excluding hydrogens is 478 g/mol. The molecule has 1 N–H and O–H groups in total. The van der Waals surface area contributed by atoms with Crippen LogP contribution in [-0.4, -0.2) is 25.0 Å². The van der Waals surface area contributed by atoms with Crippen LogP contribution in [0.4, 0.5) is 22.7 Å². The van der Waals surface area contributed by atoms with E-state index in [1.165, 1.54) is 36.3 Å². The van der Waals surface area contributed by atoms with E-state index in [-0.39, 0.29) is 33.9 Å². The van der Waals surface area contributed by atoms with E-state index in [4.69, 9.17) is 0 Å². The predicted octanol–water partition coefficient (Wildman–Crippen LogP) is 3.09. The van der Waals surface area contributed by atoms with Crippen LogP contribution in [0.5, 0.6) is 0 Å². The van der Waals surface area contributed by atoms with Gasteiger partial charge in [0.1, 0.15) is 5.82 Å². The molecule has 13 heteroatoms. The second kappa shape index (κ2) is 8.48. The van der Waals surface area contributed by atoms with Crippen molar-refractivity contribution in [1.82, 2.24) is 19.1 Å². The van der Waals surface area contributed by atoms with E-state index in [9.17, 15) is 31.9 Å². The van der Waals surface area contributed by atoms with Gasteiger partial charge in [-0.2, -0.15) is 13.2 Å². The first-order valence-corrected chi connectivity index (χ1v) is 10.5. The van der Waals surface area contributed by atoms with Crippen molar-refractivity contribution in [2.24, 2.45) is 14.1 Å². The molecule has 0 unspecified atom stereocenters. The molecule has 0 aliphatic heterocycles. The highest BCUT2D eigenvalue weighted by molar-refractivity contribution is 7.14. The summed E-state index contributed by atoms with van der Waals surface area (Å²) in [5.41, 5.74) is -2.15. The molecule has 4 rings (SSSR count). The predicted molar refractivity (Wildman–Crippen MR) is 117 cm³/mol. The summed E-state index contributed by atoms with van der Waals surface area (Å²) in [6, 6.07) is 3.47. The van der Waals surface area contributed by atoms with Gasteiger partial charge in [0, 0.05) is 31.2 Å². The van der Waals surface area contributed by atoms with Gasteiger partial charge in [0.15, 0.2) is 5.13 Å². The van der Waals surface area contributed by atoms with Crippen molar-refractivity contribution in [3.8, 4) is 11.3 Å². The van der Waals surface area contributed by atoms with Crippen molar-refractivity contribution in [1.29, 1.82) is 0 Å². The van der Waals surface area contributed by atoms with E-state index < -0.39 is 34.7 Å². The Morgan fingerprint density at radius 1 is 1.15 bits per heavy atom. The maximum atomic E-state index is 14.1. The normalized spacial score (nSPS) is 11.7. The number of hydrogen-bond acceptors (Lipinski definition) is 6. The molecular formula is C21H15F4N5O3S. The molecule has 4 aromatic rings. The zero-order valence-electron chi connectivity index (χ0n) is 17.6. The van der Waals surface area contributed by atoms with Crippen LogP contribution < -0.4 is 16.6 Å². The topological polar surface area (TPSA) is 98.9 Å². The van der Waals surface area contributed by atoms with Gasteiger partial charge in [-0.05, 0) is 24.3 Å². The van der Waals surface area contributed by atoms with E-state index in [0.29, 0.717) is 23.7 Å². The van der Waals surface area contributed by atoms with E-state index in [0.717, 1.165) is 15.9 Å². The molecule has 0 radical (unpaired) electrons. The minimum Gasteiger partial charge on any atom is -0.302 e. The number of aromatic nitrogens is 4. The highest BCUT2D eigenvalue weighted by atomic mass is 32.1. The van der Waals surface area contributed by atoms with Crippen LogP contribution in [0.3, 0.4) is 0 Å². The zero-order chi connectivity index (χ0) is 24.8. The molecule has 0 atom stereocenters. The molecule has 1 amide bonds. The first kappa shape index (κ1) is 23.3. The molecule has 0 aliphatic rings. The number of amides is 1. The number of hydrogen-bond donors (Lipinski definition) is 1. The SMILES string of the molecule is Cn1c(=O)c2c(CC(=O)Nc3nc(-c4cc(C(F)(F)F)ccc4F)cs3)nccc2n(C)c1=O. The van der Waals surface area contributed by atoms with E-state index in [1.54, 1.807) is 0 Å². The number of benzene rings is 1. The van der Waals surface area contributed by atoms with Crippen LogP contribution in [-0.2, 0) is 31.5 Å². The quantitative estimate of drug-likeness (QED) is 0.441. The van der Waals surface area contributed by atoms with Crippen LogP contribution in [0.2, 0.25) is 0 Å². The average Bonchev–Trinajstić information content (AvgIpc) is 3.23. The Hall–Kier alpha value is -3.87. The lowest BCUT2D eigenvalue weighted by Gasteiger charge is -2.10. The maximum absolute atomic E-state index is 14.1. The van der Waals surface area contributed by atoms with Gasteiger partial charge in [0.2, 0.25) is 5.91 Å². The second-order valence-corrected chi connectivity index (χ2v) is 8.17. The number of rotatable bonds is 4. The van der Waals surface area contributed by atoms with E-state index >= 15 is 0 Å². The smallest absolute Gasteiger partial charge is 0.302 e. The summed E-state index contributed by atoms with van der Waals surface area (Å²) in [5, 5.41) is 3.92. The summed E-state index contributed by atoms with van der Waals surface area (Å²) < 4.78 is 55.2. The number of fused-ring (bicyclic) bond motifs is 1. The number of thiazole rings is 1. The Kier molecular flexibility index (Phi) is 5.81. The van der Waals surface area contributed by atoms with Crippen molar-refractivity contribution in [2.45, 2.75) is 12.6 Å². The third-order valence-corrected chi connectivity index (χ3v) is 5.87. The van der Waals surface area contributed by atoms with Gasteiger partial charge in [-0.3, -0.25) is 23.7 Å². The van der Waals surface area contributed by atoms with Crippen molar-refractivity contribution >= 4 is 33.3 Å². The third kappa shape index (κ3) is 4.21. The van der Waals surface area contributed by atoms with E-state index in [2.05, 4.69) is 15.3 Å². The van der Waals surface area contributed by atoms with Gasteiger partial charge in [-0.15, -0.1) is 11.3 Å². The maximum Gasteiger partial charge on any atom is 0.416 e. The number of halogens is 4. The number of anilines is 1. The average molecular weight is 493 g/mol. The minimum absolute atomic E-state index is 0.0253. The van der Waals surface area contributed by atoms with Crippen LogP contribution in [0.15, 0.2) is 45.4 Å². The molecule has 8 nitrogen and oxygen atoms in total. The number of alkyl halides is 3. The Bertz CT molecular complexity index is 1560. The molecule has 3 aromatic heterocycles. The van der Waals surface area contributed by atoms with Crippen LogP contribution in [0, 0.1) is 5.82 Å². The number of nitrogens with one attached hydrogen (secondary N) is 1. The highest BCUT2D eigenvalue weighted by Gasteiger charge is 2.31. The third-order valence-electron chi connectivity index (χ3n) is 5.11. The van der Waals surface area contributed by atoms with Gasteiger partial charge >= 0.3 is 11.9 Å². The molecule has 0 saturated heterocycles. The summed E-state index contributed by atoms with van der Waals surface area (Å²) in [6.45, 7) is 0. The Balaban J connectivity index is 1.60. The largest absolute Gasteiger partial charge is 0.416 e. The monoisotopic (exact) mass is 493 g/mol.